The number of thiophene rings is 1. The van der Waals surface area contributed by atoms with Crippen LogP contribution in [0.5, 0.6) is 11.5 Å². The quantitative estimate of drug-likeness (QED) is 0.110. The van der Waals surface area contributed by atoms with Gasteiger partial charge in [-0.25, -0.2) is 17.4 Å². The van der Waals surface area contributed by atoms with E-state index >= 15 is 0 Å². The molecule has 204 valence electrons. The number of hydrogen-bond donors (Lipinski definition) is 2. The van der Waals surface area contributed by atoms with Crippen LogP contribution in [0.15, 0.2) is 76.1 Å². The number of unbranched alkanes of at least 4 members (excludes halogenated alkanes) is 1. The number of pyridine rings is 1. The van der Waals surface area contributed by atoms with Crippen molar-refractivity contribution in [3.63, 3.8) is 0 Å². The first-order chi connectivity index (χ1) is 18.6. The van der Waals surface area contributed by atoms with Gasteiger partial charge in [-0.1, -0.05) is 0 Å². The molecule has 2 N–H and O–H groups in total. The van der Waals surface area contributed by atoms with E-state index < -0.39 is 29.7 Å². The molecule has 2 aromatic carbocycles. The highest BCUT2D eigenvalue weighted by atomic mass is 32.2. The molecule has 0 bridgehead atoms. The molecule has 0 amide bonds. The first-order valence-corrected chi connectivity index (χ1v) is 16.6. The third-order valence-electron chi connectivity index (χ3n) is 5.22. The summed E-state index contributed by atoms with van der Waals surface area (Å²) in [5.74, 6) is 0.343. The Kier molecular flexibility index (Phi) is 9.61. The maximum absolute atomic E-state index is 13.7. The van der Waals surface area contributed by atoms with E-state index in [1.165, 1.54) is 11.0 Å². The number of sulfonamides is 1. The Morgan fingerprint density at radius 1 is 1.10 bits per heavy atom. The molecule has 0 spiro atoms. The van der Waals surface area contributed by atoms with Crippen LogP contribution in [0.25, 0.3) is 10.1 Å². The van der Waals surface area contributed by atoms with E-state index in [2.05, 4.69) is 9.71 Å². The van der Waals surface area contributed by atoms with Gasteiger partial charge in [-0.2, -0.15) is 9.98 Å². The molecule has 2 heterocycles. The maximum Gasteiger partial charge on any atom is 0.391 e. The van der Waals surface area contributed by atoms with Crippen molar-refractivity contribution >= 4 is 50.8 Å². The topological polar surface area (TPSA) is 139 Å². The SMILES string of the molecule is N#Cc1ccc(OP(=O)(O)CNS(=O)(=O)c2cc3ccc(OCCCCSc4ccncc4)cc3s2)cc1F. The van der Waals surface area contributed by atoms with E-state index in [4.69, 9.17) is 14.5 Å². The van der Waals surface area contributed by atoms with Gasteiger partial charge < -0.3 is 14.2 Å². The number of ether oxygens (including phenoxy) is 1. The number of nitriles is 1. The van der Waals surface area contributed by atoms with Crippen molar-refractivity contribution in [3.8, 4) is 17.6 Å². The minimum Gasteiger partial charge on any atom is -0.494 e. The van der Waals surface area contributed by atoms with Crippen molar-refractivity contribution in [2.24, 2.45) is 0 Å². The lowest BCUT2D eigenvalue weighted by Crippen LogP contribution is -2.25. The van der Waals surface area contributed by atoms with Gasteiger partial charge in [0, 0.05) is 28.1 Å². The van der Waals surface area contributed by atoms with Crippen LogP contribution in [0.1, 0.15) is 18.4 Å². The van der Waals surface area contributed by atoms with Gasteiger partial charge >= 0.3 is 7.60 Å². The second kappa shape index (κ2) is 12.9. The van der Waals surface area contributed by atoms with Crippen LogP contribution in [-0.4, -0.2) is 36.9 Å². The van der Waals surface area contributed by atoms with Gasteiger partial charge in [-0.05, 0) is 72.5 Å². The Morgan fingerprint density at radius 2 is 1.87 bits per heavy atom. The van der Waals surface area contributed by atoms with Crippen LogP contribution in [0, 0.1) is 17.1 Å². The number of aromatic nitrogens is 1. The van der Waals surface area contributed by atoms with Gasteiger partial charge in [-0.15, -0.1) is 23.1 Å². The Balaban J connectivity index is 1.29. The largest absolute Gasteiger partial charge is 0.494 e. The van der Waals surface area contributed by atoms with E-state index in [9.17, 15) is 22.3 Å². The Labute approximate surface area is 233 Å². The van der Waals surface area contributed by atoms with E-state index in [0.29, 0.717) is 22.4 Å². The lowest BCUT2D eigenvalue weighted by Gasteiger charge is -2.14. The first-order valence-electron chi connectivity index (χ1n) is 11.6. The minimum absolute atomic E-state index is 0.0489. The van der Waals surface area contributed by atoms with Crippen LogP contribution in [0.4, 0.5) is 4.39 Å². The highest BCUT2D eigenvalue weighted by molar-refractivity contribution is 7.99. The van der Waals surface area contributed by atoms with Gasteiger partial charge in [0.05, 0.1) is 12.2 Å². The molecular formula is C25H23FN3O6PS3. The molecule has 2 aromatic heterocycles. The van der Waals surface area contributed by atoms with Gasteiger partial charge in [-0.3, -0.25) is 4.98 Å². The van der Waals surface area contributed by atoms with Crippen molar-refractivity contribution in [2.45, 2.75) is 21.9 Å². The predicted octanol–water partition coefficient (Wildman–Crippen LogP) is 5.76. The summed E-state index contributed by atoms with van der Waals surface area (Å²) < 4.78 is 65.1. The van der Waals surface area contributed by atoms with Crippen molar-refractivity contribution < 1.29 is 31.5 Å². The molecule has 14 heteroatoms. The number of halogens is 1. The second-order valence-electron chi connectivity index (χ2n) is 8.14. The molecule has 0 aliphatic rings. The summed E-state index contributed by atoms with van der Waals surface area (Å²) >= 11 is 2.75. The molecule has 1 unspecified atom stereocenters. The summed E-state index contributed by atoms with van der Waals surface area (Å²) in [7, 11) is -8.65. The predicted molar refractivity (Wildman–Crippen MR) is 148 cm³/mol. The maximum atomic E-state index is 13.7. The Hall–Kier alpha value is -2.98. The molecule has 0 fully saturated rings. The molecule has 9 nitrogen and oxygen atoms in total. The molecule has 0 aliphatic carbocycles. The molecular weight excluding hydrogens is 584 g/mol. The first kappa shape index (κ1) is 29.0. The normalized spacial score (nSPS) is 13.1. The summed E-state index contributed by atoms with van der Waals surface area (Å²) in [6, 6.07) is 15.3. The van der Waals surface area contributed by atoms with E-state index in [1.54, 1.807) is 48.4 Å². The third-order valence-corrected chi connectivity index (χ3v) is 10.6. The standard InChI is InChI=1S/C25H23FN3O6PS3/c26-23-14-21(6-4-19(23)16-27)35-36(30,31)17-29-39(32,33)25-13-18-3-5-20(15-24(18)38-25)34-11-1-2-12-37-22-7-9-28-10-8-22/h3-10,13-15,29H,1-2,11-12,17H2,(H,30,31). The number of fused-ring (bicyclic) bond motifs is 1. The highest BCUT2D eigenvalue weighted by Crippen LogP contribution is 2.42. The van der Waals surface area contributed by atoms with Gasteiger partial charge in [0.15, 0.2) is 0 Å². The smallest absolute Gasteiger partial charge is 0.391 e. The number of rotatable bonds is 13. The lowest BCUT2D eigenvalue weighted by atomic mass is 10.2. The fourth-order valence-corrected chi connectivity index (χ4v) is 8.18. The van der Waals surface area contributed by atoms with Crippen LogP contribution in [0.2, 0.25) is 0 Å². The number of thioether (sulfide) groups is 1. The van der Waals surface area contributed by atoms with Crippen molar-refractivity contribution in [1.82, 2.24) is 9.71 Å². The third kappa shape index (κ3) is 8.25. The lowest BCUT2D eigenvalue weighted by molar-refractivity contribution is 0.310. The fourth-order valence-electron chi connectivity index (χ4n) is 3.31. The van der Waals surface area contributed by atoms with E-state index in [-0.39, 0.29) is 15.5 Å². The molecule has 4 rings (SSSR count). The Bertz CT molecular complexity index is 1640. The molecule has 1 atom stereocenters. The fraction of sp³-hybridized carbons (Fsp3) is 0.200. The van der Waals surface area contributed by atoms with Gasteiger partial charge in [0.25, 0.3) is 10.0 Å². The Morgan fingerprint density at radius 3 is 2.62 bits per heavy atom. The molecule has 0 radical (unpaired) electrons. The highest BCUT2D eigenvalue weighted by Gasteiger charge is 2.27. The molecule has 4 aromatic rings. The van der Waals surface area contributed by atoms with Gasteiger partial charge in [0.2, 0.25) is 0 Å². The van der Waals surface area contributed by atoms with Crippen molar-refractivity contribution in [2.75, 3.05) is 18.6 Å². The summed E-state index contributed by atoms with van der Waals surface area (Å²) in [4.78, 5) is 15.2. The number of nitrogens with one attached hydrogen (secondary N) is 1. The summed E-state index contributed by atoms with van der Waals surface area (Å²) in [6.07, 6.45) is 4.43. The minimum atomic E-state index is -4.52. The van der Waals surface area contributed by atoms with Crippen LogP contribution in [-0.2, 0) is 14.6 Å². The second-order valence-corrected chi connectivity index (χ2v) is 14.2. The number of benzene rings is 2. The molecule has 0 saturated heterocycles. The zero-order valence-electron chi connectivity index (χ0n) is 20.3. The van der Waals surface area contributed by atoms with E-state index in [0.717, 1.165) is 48.1 Å². The average Bonchev–Trinajstić information content (AvgIpc) is 3.35. The van der Waals surface area contributed by atoms with Crippen LogP contribution >= 0.6 is 30.7 Å². The zero-order valence-corrected chi connectivity index (χ0v) is 23.7. The van der Waals surface area contributed by atoms with E-state index in [1.807, 2.05) is 12.1 Å². The monoisotopic (exact) mass is 607 g/mol. The zero-order chi connectivity index (χ0) is 27.9. The molecule has 0 aliphatic heterocycles. The number of hydrogen-bond acceptors (Lipinski definition) is 9. The average molecular weight is 608 g/mol. The summed E-state index contributed by atoms with van der Waals surface area (Å²) in [6.45, 7) is 0.523. The van der Waals surface area contributed by atoms with Crippen molar-refractivity contribution in [3.05, 3.63) is 78.4 Å². The number of nitrogens with zero attached hydrogens (tertiary/aromatic N) is 2. The summed E-state index contributed by atoms with van der Waals surface area (Å²) in [5, 5.41) is 9.45. The van der Waals surface area contributed by atoms with Crippen LogP contribution < -0.4 is 14.0 Å². The molecule has 0 saturated carbocycles. The van der Waals surface area contributed by atoms with Crippen molar-refractivity contribution in [1.29, 1.82) is 5.26 Å². The summed E-state index contributed by atoms with van der Waals surface area (Å²) in [5.41, 5.74) is -0.259. The van der Waals surface area contributed by atoms with Gasteiger partial charge in [0.1, 0.15) is 33.9 Å². The van der Waals surface area contributed by atoms with Crippen LogP contribution in [0.3, 0.4) is 0 Å². The molecule has 39 heavy (non-hydrogen) atoms.